The molecule has 3 amide bonds. The van der Waals surface area contributed by atoms with Crippen LogP contribution in [-0.2, 0) is 9.53 Å². The van der Waals surface area contributed by atoms with Gasteiger partial charge in [0.05, 0.1) is 18.8 Å². The predicted molar refractivity (Wildman–Crippen MR) is 60.9 cm³/mol. The van der Waals surface area contributed by atoms with Crippen molar-refractivity contribution in [3.05, 3.63) is 23.9 Å². The van der Waals surface area contributed by atoms with Crippen LogP contribution >= 0.6 is 0 Å². The minimum Gasteiger partial charge on any atom is -0.378 e. The van der Waals surface area contributed by atoms with Crippen LogP contribution in [0.5, 0.6) is 0 Å². The molecule has 0 saturated carbocycles. The van der Waals surface area contributed by atoms with Crippen LogP contribution in [0.3, 0.4) is 0 Å². The molecule has 0 radical (unpaired) electrons. The highest BCUT2D eigenvalue weighted by molar-refractivity contribution is 5.95. The summed E-state index contributed by atoms with van der Waals surface area (Å²) in [4.78, 5) is 26.3. The van der Waals surface area contributed by atoms with Gasteiger partial charge < -0.3 is 15.4 Å². The predicted octanol–water partition coefficient (Wildman–Crippen LogP) is -0.320. The van der Waals surface area contributed by atoms with Gasteiger partial charge in [-0.1, -0.05) is 12.2 Å². The number of urea groups is 1. The molecule has 1 saturated heterocycles. The Balaban J connectivity index is 2.04. The highest BCUT2D eigenvalue weighted by atomic mass is 16.5. The third-order valence-corrected chi connectivity index (χ3v) is 2.71. The molecule has 2 rings (SSSR count). The summed E-state index contributed by atoms with van der Waals surface area (Å²) in [6.45, 7) is 2.74. The van der Waals surface area contributed by atoms with Crippen LogP contribution < -0.4 is 5.73 Å². The molecule has 0 aliphatic carbocycles. The van der Waals surface area contributed by atoms with E-state index in [2.05, 4.69) is 0 Å². The molecule has 2 heterocycles. The number of nitrogens with zero attached hydrogens (tertiary/aromatic N) is 2. The zero-order valence-corrected chi connectivity index (χ0v) is 9.46. The lowest BCUT2D eigenvalue weighted by atomic mass is 10.2. The van der Waals surface area contributed by atoms with Gasteiger partial charge in [0, 0.05) is 25.8 Å². The Morgan fingerprint density at radius 2 is 2.00 bits per heavy atom. The quantitative estimate of drug-likeness (QED) is 0.679. The zero-order chi connectivity index (χ0) is 12.3. The van der Waals surface area contributed by atoms with Crippen LogP contribution in [-0.4, -0.2) is 54.6 Å². The molecular formula is C11H15N3O3. The number of morpholine rings is 1. The second kappa shape index (κ2) is 5.01. The number of primary amides is 1. The minimum absolute atomic E-state index is 0.114. The standard InChI is InChI=1S/C11H15N3O3/c12-10(15)9-2-1-3-14(8-9)11(16)13-4-6-17-7-5-13/h1-2,8H,3-7H2,(H2,12,15). The average molecular weight is 237 g/mol. The highest BCUT2D eigenvalue weighted by Gasteiger charge is 2.23. The molecule has 2 aliphatic heterocycles. The largest absolute Gasteiger partial charge is 0.378 e. The number of rotatable bonds is 1. The van der Waals surface area contributed by atoms with E-state index in [-0.39, 0.29) is 6.03 Å². The second-order valence-corrected chi connectivity index (χ2v) is 3.89. The van der Waals surface area contributed by atoms with E-state index in [1.165, 1.54) is 11.1 Å². The maximum Gasteiger partial charge on any atom is 0.324 e. The van der Waals surface area contributed by atoms with Crippen molar-refractivity contribution in [2.45, 2.75) is 0 Å². The van der Waals surface area contributed by atoms with Gasteiger partial charge in [0.2, 0.25) is 5.91 Å². The van der Waals surface area contributed by atoms with E-state index in [0.717, 1.165) is 0 Å². The number of amides is 3. The van der Waals surface area contributed by atoms with Crippen molar-refractivity contribution in [3.63, 3.8) is 0 Å². The van der Waals surface area contributed by atoms with E-state index in [9.17, 15) is 9.59 Å². The average Bonchev–Trinajstić information content (AvgIpc) is 2.39. The van der Waals surface area contributed by atoms with E-state index in [1.54, 1.807) is 17.1 Å². The van der Waals surface area contributed by atoms with Gasteiger partial charge in [-0.2, -0.15) is 0 Å². The van der Waals surface area contributed by atoms with Crippen LogP contribution in [0.15, 0.2) is 23.9 Å². The molecule has 0 bridgehead atoms. The smallest absolute Gasteiger partial charge is 0.324 e. The first-order valence-electron chi connectivity index (χ1n) is 5.50. The highest BCUT2D eigenvalue weighted by Crippen LogP contribution is 2.11. The fourth-order valence-electron chi connectivity index (χ4n) is 1.77. The van der Waals surface area contributed by atoms with Crippen molar-refractivity contribution < 1.29 is 14.3 Å². The van der Waals surface area contributed by atoms with E-state index in [0.29, 0.717) is 38.4 Å². The number of carbonyl (C=O) groups is 2. The first-order valence-corrected chi connectivity index (χ1v) is 5.50. The van der Waals surface area contributed by atoms with Gasteiger partial charge >= 0.3 is 6.03 Å². The molecule has 0 aromatic carbocycles. The Kier molecular flexibility index (Phi) is 3.43. The van der Waals surface area contributed by atoms with Crippen molar-refractivity contribution >= 4 is 11.9 Å². The number of carbonyl (C=O) groups excluding carboxylic acids is 2. The van der Waals surface area contributed by atoms with Crippen LogP contribution in [0, 0.1) is 0 Å². The van der Waals surface area contributed by atoms with E-state index >= 15 is 0 Å². The Hall–Kier alpha value is -1.82. The normalized spacial score (nSPS) is 20.1. The molecule has 0 atom stereocenters. The zero-order valence-electron chi connectivity index (χ0n) is 9.46. The fraction of sp³-hybridized carbons (Fsp3) is 0.455. The van der Waals surface area contributed by atoms with Gasteiger partial charge in [-0.05, 0) is 0 Å². The molecule has 0 aromatic heterocycles. The fourth-order valence-corrected chi connectivity index (χ4v) is 1.77. The van der Waals surface area contributed by atoms with Crippen LogP contribution in [0.1, 0.15) is 0 Å². The third-order valence-electron chi connectivity index (χ3n) is 2.71. The molecule has 92 valence electrons. The Morgan fingerprint density at radius 3 is 2.65 bits per heavy atom. The maximum absolute atomic E-state index is 12.1. The molecule has 17 heavy (non-hydrogen) atoms. The molecule has 2 N–H and O–H groups in total. The summed E-state index contributed by atoms with van der Waals surface area (Å²) >= 11 is 0. The molecule has 0 aromatic rings. The third kappa shape index (κ3) is 2.65. The van der Waals surface area contributed by atoms with Gasteiger partial charge in [-0.15, -0.1) is 0 Å². The van der Waals surface area contributed by atoms with E-state index in [1.807, 2.05) is 0 Å². The molecule has 6 nitrogen and oxygen atoms in total. The van der Waals surface area contributed by atoms with Gasteiger partial charge in [-0.25, -0.2) is 4.79 Å². The Labute approximate surface area is 99.3 Å². The van der Waals surface area contributed by atoms with E-state index < -0.39 is 5.91 Å². The molecule has 1 fully saturated rings. The summed E-state index contributed by atoms with van der Waals surface area (Å²) in [6, 6.07) is -0.114. The van der Waals surface area contributed by atoms with E-state index in [4.69, 9.17) is 10.5 Å². The first-order chi connectivity index (χ1) is 8.18. The lowest BCUT2D eigenvalue weighted by molar-refractivity contribution is -0.114. The molecule has 0 unspecified atom stereocenters. The number of nitrogens with two attached hydrogens (primary N) is 1. The van der Waals surface area contributed by atoms with Crippen LogP contribution in [0.4, 0.5) is 4.79 Å². The number of ether oxygens (including phenoxy) is 1. The molecule has 0 spiro atoms. The molecule has 6 heteroatoms. The Bertz CT molecular complexity index is 383. The van der Waals surface area contributed by atoms with Crippen molar-refractivity contribution in [2.24, 2.45) is 5.73 Å². The number of hydrogen-bond acceptors (Lipinski definition) is 3. The molecular weight excluding hydrogens is 222 g/mol. The lowest BCUT2D eigenvalue weighted by Crippen LogP contribution is -2.47. The Morgan fingerprint density at radius 1 is 1.29 bits per heavy atom. The van der Waals surface area contributed by atoms with Crippen molar-refractivity contribution in [1.29, 1.82) is 0 Å². The summed E-state index contributed by atoms with van der Waals surface area (Å²) < 4.78 is 5.18. The monoisotopic (exact) mass is 237 g/mol. The minimum atomic E-state index is -0.527. The summed E-state index contributed by atoms with van der Waals surface area (Å²) in [7, 11) is 0. The summed E-state index contributed by atoms with van der Waals surface area (Å²) in [6.07, 6.45) is 4.88. The van der Waals surface area contributed by atoms with Crippen molar-refractivity contribution in [3.8, 4) is 0 Å². The maximum atomic E-state index is 12.1. The van der Waals surface area contributed by atoms with Crippen LogP contribution in [0.25, 0.3) is 0 Å². The van der Waals surface area contributed by atoms with Gasteiger partial charge in [-0.3, -0.25) is 9.69 Å². The number of hydrogen-bond donors (Lipinski definition) is 1. The summed E-state index contributed by atoms with van der Waals surface area (Å²) in [5, 5.41) is 0. The summed E-state index contributed by atoms with van der Waals surface area (Å²) in [5.74, 6) is -0.527. The lowest BCUT2D eigenvalue weighted by Gasteiger charge is -2.31. The SMILES string of the molecule is NC(=O)C1=CN(C(=O)N2CCOCC2)CC=C1. The van der Waals surface area contributed by atoms with Crippen molar-refractivity contribution in [1.82, 2.24) is 9.80 Å². The van der Waals surface area contributed by atoms with Crippen LogP contribution in [0.2, 0.25) is 0 Å². The van der Waals surface area contributed by atoms with Gasteiger partial charge in [0.15, 0.2) is 0 Å². The van der Waals surface area contributed by atoms with Gasteiger partial charge in [0.1, 0.15) is 0 Å². The summed E-state index contributed by atoms with van der Waals surface area (Å²) in [5.41, 5.74) is 5.52. The topological polar surface area (TPSA) is 75.9 Å². The first kappa shape index (κ1) is 11.7. The molecule has 2 aliphatic rings. The van der Waals surface area contributed by atoms with Crippen molar-refractivity contribution in [2.75, 3.05) is 32.8 Å². The van der Waals surface area contributed by atoms with Gasteiger partial charge in [0.25, 0.3) is 0 Å². The second-order valence-electron chi connectivity index (χ2n) is 3.89.